The molecule has 0 aromatic heterocycles. The Balaban J connectivity index is 2.87. The molecular weight excluding hydrogens is 298 g/mol. The first-order valence-electron chi connectivity index (χ1n) is 7.29. The van der Waals surface area contributed by atoms with Gasteiger partial charge in [-0.3, -0.25) is 4.79 Å². The maximum Gasteiger partial charge on any atom is 0.246 e. The summed E-state index contributed by atoms with van der Waals surface area (Å²) in [7, 11) is 8.09. The molecule has 128 valence electrons. The van der Waals surface area contributed by atoms with Crippen molar-refractivity contribution in [1.29, 1.82) is 0 Å². The first-order chi connectivity index (χ1) is 11.1. The Hall–Kier alpha value is -2.21. The highest BCUT2D eigenvalue weighted by molar-refractivity contribution is 5.92. The molecule has 0 unspecified atom stereocenters. The lowest BCUT2D eigenvalue weighted by molar-refractivity contribution is -0.124. The number of methoxy groups -OCH3 is 4. The molecule has 0 N–H and O–H groups in total. The van der Waals surface area contributed by atoms with E-state index in [9.17, 15) is 4.79 Å². The summed E-state index contributed by atoms with van der Waals surface area (Å²) in [5, 5.41) is 0. The average Bonchev–Trinajstić information content (AvgIpc) is 2.58. The van der Waals surface area contributed by atoms with Gasteiger partial charge in [0.25, 0.3) is 0 Å². The summed E-state index contributed by atoms with van der Waals surface area (Å²) in [4.78, 5) is 13.7. The number of nitrogens with zero attached hydrogens (tertiary/aromatic N) is 1. The van der Waals surface area contributed by atoms with Crippen LogP contribution in [0.2, 0.25) is 0 Å². The van der Waals surface area contributed by atoms with Crippen LogP contribution in [-0.2, 0) is 9.53 Å². The van der Waals surface area contributed by atoms with Crippen LogP contribution in [-0.4, -0.2) is 59.4 Å². The van der Waals surface area contributed by atoms with Gasteiger partial charge < -0.3 is 23.8 Å². The molecule has 0 aliphatic heterocycles. The molecule has 1 aromatic carbocycles. The van der Waals surface area contributed by atoms with Gasteiger partial charge in [-0.2, -0.15) is 0 Å². The minimum atomic E-state index is -0.0852. The van der Waals surface area contributed by atoms with Crippen molar-refractivity contribution < 1.29 is 23.7 Å². The molecule has 0 spiro atoms. The van der Waals surface area contributed by atoms with E-state index in [1.807, 2.05) is 0 Å². The Labute approximate surface area is 137 Å². The van der Waals surface area contributed by atoms with E-state index in [-0.39, 0.29) is 5.91 Å². The van der Waals surface area contributed by atoms with Gasteiger partial charge in [0.2, 0.25) is 5.91 Å². The van der Waals surface area contributed by atoms with Crippen LogP contribution in [0.4, 0.5) is 0 Å². The van der Waals surface area contributed by atoms with Gasteiger partial charge >= 0.3 is 0 Å². The van der Waals surface area contributed by atoms with Crippen LogP contribution >= 0.6 is 0 Å². The van der Waals surface area contributed by atoms with E-state index in [1.165, 1.54) is 6.08 Å². The maximum atomic E-state index is 12.1. The van der Waals surface area contributed by atoms with Gasteiger partial charge in [0, 0.05) is 45.0 Å². The average molecular weight is 323 g/mol. The third-order valence-corrected chi connectivity index (χ3v) is 3.36. The number of carbonyl (C=O) groups excluding carboxylic acids is 1. The van der Waals surface area contributed by atoms with Crippen molar-refractivity contribution >= 4 is 12.0 Å². The van der Waals surface area contributed by atoms with E-state index in [0.717, 1.165) is 12.0 Å². The normalized spacial score (nSPS) is 10.7. The molecule has 0 saturated heterocycles. The summed E-state index contributed by atoms with van der Waals surface area (Å²) in [5.41, 5.74) is 0.740. The summed E-state index contributed by atoms with van der Waals surface area (Å²) in [6.07, 6.45) is 4.01. The fourth-order valence-corrected chi connectivity index (χ4v) is 2.03. The fraction of sp³-hybridized carbons (Fsp3) is 0.471. The Morgan fingerprint density at radius 2 is 1.65 bits per heavy atom. The highest BCUT2D eigenvalue weighted by Gasteiger charge is 2.11. The zero-order chi connectivity index (χ0) is 17.2. The molecule has 0 atom stereocenters. The van der Waals surface area contributed by atoms with E-state index in [1.54, 1.807) is 58.6 Å². The lowest BCUT2D eigenvalue weighted by Crippen LogP contribution is -2.26. The smallest absolute Gasteiger partial charge is 0.246 e. The lowest BCUT2D eigenvalue weighted by atomic mass is 10.1. The Morgan fingerprint density at radius 1 is 1.04 bits per heavy atom. The topological polar surface area (TPSA) is 57.2 Å². The molecule has 23 heavy (non-hydrogen) atoms. The Morgan fingerprint density at radius 3 is 2.22 bits per heavy atom. The molecule has 1 aromatic rings. The van der Waals surface area contributed by atoms with Gasteiger partial charge in [0.05, 0.1) is 21.3 Å². The summed E-state index contributed by atoms with van der Waals surface area (Å²) in [5.74, 6) is 1.67. The minimum Gasteiger partial charge on any atom is -0.496 e. The third-order valence-electron chi connectivity index (χ3n) is 3.36. The van der Waals surface area contributed by atoms with Crippen LogP contribution in [0.5, 0.6) is 17.2 Å². The number of ether oxygens (including phenoxy) is 4. The van der Waals surface area contributed by atoms with Crippen molar-refractivity contribution in [3.05, 3.63) is 23.8 Å². The molecule has 0 fully saturated rings. The second kappa shape index (κ2) is 9.74. The molecule has 1 rings (SSSR count). The van der Waals surface area contributed by atoms with Crippen molar-refractivity contribution in [3.8, 4) is 17.2 Å². The molecule has 0 bridgehead atoms. The number of benzene rings is 1. The number of hydrogen-bond acceptors (Lipinski definition) is 5. The summed E-state index contributed by atoms with van der Waals surface area (Å²) in [6, 6.07) is 3.50. The van der Waals surface area contributed by atoms with E-state index >= 15 is 0 Å². The highest BCUT2D eigenvalue weighted by atomic mass is 16.5. The van der Waals surface area contributed by atoms with Crippen LogP contribution < -0.4 is 14.2 Å². The maximum absolute atomic E-state index is 12.1. The second-order valence-corrected chi connectivity index (χ2v) is 4.89. The van der Waals surface area contributed by atoms with Crippen LogP contribution in [0.25, 0.3) is 6.08 Å². The zero-order valence-corrected chi connectivity index (χ0v) is 14.4. The first-order valence-corrected chi connectivity index (χ1v) is 7.29. The first kappa shape index (κ1) is 18.8. The molecule has 1 amide bonds. The van der Waals surface area contributed by atoms with Crippen LogP contribution in [0, 0.1) is 0 Å². The second-order valence-electron chi connectivity index (χ2n) is 4.89. The van der Waals surface area contributed by atoms with Gasteiger partial charge in [0.1, 0.15) is 5.75 Å². The number of hydrogen-bond donors (Lipinski definition) is 0. The minimum absolute atomic E-state index is 0.0852. The van der Waals surface area contributed by atoms with Gasteiger partial charge in [-0.1, -0.05) is 0 Å². The van der Waals surface area contributed by atoms with E-state index < -0.39 is 0 Å². The zero-order valence-electron chi connectivity index (χ0n) is 14.4. The molecule has 0 aliphatic carbocycles. The fourth-order valence-electron chi connectivity index (χ4n) is 2.03. The van der Waals surface area contributed by atoms with Crippen LogP contribution in [0.15, 0.2) is 18.2 Å². The van der Waals surface area contributed by atoms with Gasteiger partial charge in [-0.05, 0) is 18.6 Å². The highest BCUT2D eigenvalue weighted by Crippen LogP contribution is 2.35. The monoisotopic (exact) mass is 323 g/mol. The Bertz CT molecular complexity index is 542. The van der Waals surface area contributed by atoms with E-state index in [4.69, 9.17) is 18.9 Å². The van der Waals surface area contributed by atoms with Crippen molar-refractivity contribution in [2.24, 2.45) is 0 Å². The molecule has 0 radical (unpaired) electrons. The standard InChI is InChI=1S/C17H25NO5/c1-18(9-6-10-20-2)17(19)8-7-13-11-15(22-4)16(23-5)12-14(13)21-3/h7-8,11-12H,6,9-10H2,1-5H3/b8-7+. The molecule has 6 nitrogen and oxygen atoms in total. The lowest BCUT2D eigenvalue weighted by Gasteiger charge is -2.15. The number of rotatable bonds is 9. The molecule has 0 heterocycles. The van der Waals surface area contributed by atoms with Crippen LogP contribution in [0.3, 0.4) is 0 Å². The predicted octanol–water partition coefficient (Wildman–Crippen LogP) is 2.22. The summed E-state index contributed by atoms with van der Waals surface area (Å²) < 4.78 is 20.8. The molecule has 6 heteroatoms. The number of amides is 1. The van der Waals surface area contributed by atoms with Crippen molar-refractivity contribution in [1.82, 2.24) is 4.90 Å². The van der Waals surface area contributed by atoms with Crippen molar-refractivity contribution in [3.63, 3.8) is 0 Å². The molecule has 0 aliphatic rings. The molecule has 0 saturated carbocycles. The SMILES string of the molecule is COCCCN(C)C(=O)/C=C/c1cc(OC)c(OC)cc1OC. The quantitative estimate of drug-likeness (QED) is 0.515. The molecular formula is C17H25NO5. The number of carbonyl (C=O) groups is 1. The van der Waals surface area contributed by atoms with Crippen molar-refractivity contribution in [2.45, 2.75) is 6.42 Å². The van der Waals surface area contributed by atoms with E-state index in [0.29, 0.717) is 30.4 Å². The van der Waals surface area contributed by atoms with Crippen LogP contribution in [0.1, 0.15) is 12.0 Å². The number of likely N-dealkylation sites (N-methyl/N-ethyl adjacent to an activating group) is 1. The third kappa shape index (κ3) is 5.49. The summed E-state index contributed by atoms with van der Waals surface area (Å²) >= 11 is 0. The van der Waals surface area contributed by atoms with Gasteiger partial charge in [0.15, 0.2) is 11.5 Å². The van der Waals surface area contributed by atoms with Gasteiger partial charge in [-0.15, -0.1) is 0 Å². The largest absolute Gasteiger partial charge is 0.496 e. The predicted molar refractivity (Wildman–Crippen MR) is 89.3 cm³/mol. The Kier molecular flexibility index (Phi) is 7.97. The van der Waals surface area contributed by atoms with E-state index in [2.05, 4.69) is 0 Å². The summed E-state index contributed by atoms with van der Waals surface area (Å²) in [6.45, 7) is 1.27. The van der Waals surface area contributed by atoms with Crippen molar-refractivity contribution in [2.75, 3.05) is 48.6 Å². The van der Waals surface area contributed by atoms with Gasteiger partial charge in [-0.25, -0.2) is 0 Å².